The summed E-state index contributed by atoms with van der Waals surface area (Å²) in [7, 11) is 1.67. The van der Waals surface area contributed by atoms with Crippen molar-refractivity contribution in [2.45, 2.75) is 27.0 Å². The van der Waals surface area contributed by atoms with Gasteiger partial charge in [-0.25, -0.2) is 0 Å². The van der Waals surface area contributed by atoms with Gasteiger partial charge in [0.1, 0.15) is 6.61 Å². The topological polar surface area (TPSA) is 30.5 Å². The molecule has 0 saturated carbocycles. The average molecular weight is 476 g/mol. The van der Waals surface area contributed by atoms with Gasteiger partial charge >= 0.3 is 0 Å². The molecule has 0 aliphatic rings. The van der Waals surface area contributed by atoms with Gasteiger partial charge in [0.25, 0.3) is 0 Å². The molecule has 0 heterocycles. The summed E-state index contributed by atoms with van der Waals surface area (Å²) in [4.78, 5) is 0. The minimum absolute atomic E-state index is 0.469. The van der Waals surface area contributed by atoms with E-state index in [0.717, 1.165) is 21.3 Å². The fourth-order valence-corrected chi connectivity index (χ4v) is 4.40. The molecule has 0 spiro atoms. The zero-order chi connectivity index (χ0) is 21.8. The van der Waals surface area contributed by atoms with Gasteiger partial charge in [0.15, 0.2) is 11.5 Å². The first-order valence-electron chi connectivity index (χ1n) is 10.3. The molecule has 0 atom stereocenters. The van der Waals surface area contributed by atoms with Crippen LogP contribution in [0.2, 0.25) is 0 Å². The molecule has 0 aliphatic heterocycles. The first-order chi connectivity index (χ1) is 15.0. The quantitative estimate of drug-likeness (QED) is 0.301. The summed E-state index contributed by atoms with van der Waals surface area (Å²) in [5.41, 5.74) is 5.90. The number of hydrogen-bond donors (Lipinski definition) is 1. The van der Waals surface area contributed by atoms with Crippen molar-refractivity contribution in [2.75, 3.05) is 12.4 Å². The predicted molar refractivity (Wildman–Crippen MR) is 132 cm³/mol. The van der Waals surface area contributed by atoms with Gasteiger partial charge < -0.3 is 14.8 Å². The molecule has 4 heteroatoms. The standard InChI is InChI=1S/C27H26BrNO2/c1-18-11-12-25(19(2)13-18)29-16-20-14-24(28)27(26(15-20)30-3)31-17-22-9-6-8-21-7-4-5-10-23(21)22/h4-15,29H,16-17H2,1-3H3. The Bertz CT molecular complexity index is 1210. The van der Waals surface area contributed by atoms with Crippen LogP contribution in [-0.2, 0) is 13.2 Å². The van der Waals surface area contributed by atoms with Crippen LogP contribution in [0.3, 0.4) is 0 Å². The largest absolute Gasteiger partial charge is 0.493 e. The van der Waals surface area contributed by atoms with Crippen LogP contribution < -0.4 is 14.8 Å². The Balaban J connectivity index is 1.52. The first kappa shape index (κ1) is 21.3. The third-order valence-corrected chi connectivity index (χ3v) is 6.00. The number of anilines is 1. The van der Waals surface area contributed by atoms with Crippen molar-refractivity contribution in [1.82, 2.24) is 0 Å². The number of nitrogens with one attached hydrogen (secondary N) is 1. The highest BCUT2D eigenvalue weighted by Crippen LogP contribution is 2.38. The highest BCUT2D eigenvalue weighted by molar-refractivity contribution is 9.10. The minimum atomic E-state index is 0.469. The van der Waals surface area contributed by atoms with Crippen LogP contribution in [0.4, 0.5) is 5.69 Å². The minimum Gasteiger partial charge on any atom is -0.493 e. The van der Waals surface area contributed by atoms with Crippen molar-refractivity contribution in [3.63, 3.8) is 0 Å². The van der Waals surface area contributed by atoms with Crippen molar-refractivity contribution >= 4 is 32.4 Å². The van der Waals surface area contributed by atoms with E-state index in [0.29, 0.717) is 24.7 Å². The number of rotatable bonds is 7. The van der Waals surface area contributed by atoms with E-state index < -0.39 is 0 Å². The average Bonchev–Trinajstić information content (AvgIpc) is 2.77. The van der Waals surface area contributed by atoms with Gasteiger partial charge in [-0.15, -0.1) is 0 Å². The lowest BCUT2D eigenvalue weighted by molar-refractivity contribution is 0.283. The number of halogens is 1. The molecule has 0 amide bonds. The predicted octanol–water partition coefficient (Wildman–Crippen LogP) is 7.42. The fourth-order valence-electron chi connectivity index (χ4n) is 3.79. The van der Waals surface area contributed by atoms with Crippen molar-refractivity contribution in [3.8, 4) is 11.5 Å². The van der Waals surface area contributed by atoms with E-state index in [-0.39, 0.29) is 0 Å². The lowest BCUT2D eigenvalue weighted by atomic mass is 10.1. The summed E-state index contributed by atoms with van der Waals surface area (Å²) < 4.78 is 12.7. The second-order valence-corrected chi connectivity index (χ2v) is 8.56. The molecule has 0 fully saturated rings. The molecular formula is C27H26BrNO2. The molecule has 1 N–H and O–H groups in total. The Morgan fingerprint density at radius 1 is 0.903 bits per heavy atom. The maximum Gasteiger partial charge on any atom is 0.175 e. The SMILES string of the molecule is COc1cc(CNc2ccc(C)cc2C)cc(Br)c1OCc1cccc2ccccc12. The Morgan fingerprint density at radius 3 is 2.52 bits per heavy atom. The Labute approximate surface area is 192 Å². The molecule has 0 aliphatic carbocycles. The van der Waals surface area contributed by atoms with Gasteiger partial charge in [0.2, 0.25) is 0 Å². The van der Waals surface area contributed by atoms with Crippen LogP contribution >= 0.6 is 15.9 Å². The Morgan fingerprint density at radius 2 is 1.71 bits per heavy atom. The van der Waals surface area contributed by atoms with Crippen LogP contribution in [0.5, 0.6) is 11.5 Å². The monoisotopic (exact) mass is 475 g/mol. The first-order valence-corrected chi connectivity index (χ1v) is 11.1. The van der Waals surface area contributed by atoms with Crippen molar-refractivity contribution in [2.24, 2.45) is 0 Å². The summed E-state index contributed by atoms with van der Waals surface area (Å²) in [5.74, 6) is 1.43. The molecule has 0 unspecified atom stereocenters. The molecule has 0 radical (unpaired) electrons. The summed E-state index contributed by atoms with van der Waals surface area (Å²) in [6, 6.07) is 25.2. The second kappa shape index (κ2) is 9.44. The van der Waals surface area contributed by atoms with Gasteiger partial charge in [-0.1, -0.05) is 60.2 Å². The summed E-state index contributed by atoms with van der Waals surface area (Å²) in [6.45, 7) is 5.39. The highest BCUT2D eigenvalue weighted by atomic mass is 79.9. The van der Waals surface area contributed by atoms with Crippen LogP contribution in [-0.4, -0.2) is 7.11 Å². The molecule has 4 aromatic carbocycles. The van der Waals surface area contributed by atoms with E-state index in [2.05, 4.69) is 102 Å². The third kappa shape index (κ3) is 4.86. The van der Waals surface area contributed by atoms with Gasteiger partial charge in [0, 0.05) is 12.2 Å². The van der Waals surface area contributed by atoms with Crippen LogP contribution in [0, 0.1) is 13.8 Å². The number of ether oxygens (including phenoxy) is 2. The highest BCUT2D eigenvalue weighted by Gasteiger charge is 2.13. The maximum atomic E-state index is 6.21. The number of hydrogen-bond acceptors (Lipinski definition) is 3. The molecule has 0 aromatic heterocycles. The lowest BCUT2D eigenvalue weighted by Gasteiger charge is -2.16. The zero-order valence-corrected chi connectivity index (χ0v) is 19.6. The normalized spacial score (nSPS) is 10.8. The zero-order valence-electron chi connectivity index (χ0n) is 18.0. The summed E-state index contributed by atoms with van der Waals surface area (Å²) in [6.07, 6.45) is 0. The van der Waals surface area contributed by atoms with E-state index in [1.165, 1.54) is 21.9 Å². The number of aryl methyl sites for hydroxylation is 2. The smallest absolute Gasteiger partial charge is 0.175 e. The summed E-state index contributed by atoms with van der Waals surface area (Å²) in [5, 5.41) is 5.93. The third-order valence-electron chi connectivity index (χ3n) is 5.41. The molecule has 0 saturated heterocycles. The molecule has 158 valence electrons. The van der Waals surface area contributed by atoms with Crippen molar-refractivity contribution in [3.05, 3.63) is 99.5 Å². The number of fused-ring (bicyclic) bond motifs is 1. The van der Waals surface area contributed by atoms with E-state index in [1.807, 2.05) is 6.07 Å². The lowest BCUT2D eigenvalue weighted by Crippen LogP contribution is -2.04. The maximum absolute atomic E-state index is 6.21. The van der Waals surface area contributed by atoms with Gasteiger partial charge in [0.05, 0.1) is 11.6 Å². The number of methoxy groups -OCH3 is 1. The Kier molecular flexibility index (Phi) is 6.47. The van der Waals surface area contributed by atoms with Crippen LogP contribution in [0.25, 0.3) is 10.8 Å². The number of benzene rings is 4. The van der Waals surface area contributed by atoms with Gasteiger partial charge in [-0.2, -0.15) is 0 Å². The van der Waals surface area contributed by atoms with Gasteiger partial charge in [-0.05, 0) is 75.4 Å². The van der Waals surface area contributed by atoms with Crippen LogP contribution in [0.1, 0.15) is 22.3 Å². The second-order valence-electron chi connectivity index (χ2n) is 7.71. The van der Waals surface area contributed by atoms with E-state index in [9.17, 15) is 0 Å². The van der Waals surface area contributed by atoms with E-state index >= 15 is 0 Å². The molecule has 3 nitrogen and oxygen atoms in total. The fraction of sp³-hybridized carbons (Fsp3) is 0.185. The molecule has 31 heavy (non-hydrogen) atoms. The van der Waals surface area contributed by atoms with Crippen molar-refractivity contribution < 1.29 is 9.47 Å². The van der Waals surface area contributed by atoms with E-state index in [1.54, 1.807) is 7.11 Å². The summed E-state index contributed by atoms with van der Waals surface area (Å²) >= 11 is 3.68. The van der Waals surface area contributed by atoms with Crippen molar-refractivity contribution in [1.29, 1.82) is 0 Å². The molecule has 4 rings (SSSR count). The van der Waals surface area contributed by atoms with Gasteiger partial charge in [-0.3, -0.25) is 0 Å². The Hall–Kier alpha value is -2.98. The van der Waals surface area contributed by atoms with Crippen LogP contribution in [0.15, 0.2) is 77.3 Å². The molecule has 0 bridgehead atoms. The molecular weight excluding hydrogens is 450 g/mol. The van der Waals surface area contributed by atoms with E-state index in [4.69, 9.17) is 9.47 Å². The molecule has 4 aromatic rings.